The zero-order valence-electron chi connectivity index (χ0n) is 15.3. The molecule has 0 radical (unpaired) electrons. The van der Waals surface area contributed by atoms with Gasteiger partial charge in [0.15, 0.2) is 5.69 Å². The molecule has 1 aromatic carbocycles. The van der Waals surface area contributed by atoms with Crippen molar-refractivity contribution in [2.75, 3.05) is 38.2 Å². The van der Waals surface area contributed by atoms with Gasteiger partial charge in [0.2, 0.25) is 5.95 Å². The first kappa shape index (κ1) is 19.5. The number of anilines is 1. The Kier molecular flexibility index (Phi) is 5.56. The first-order valence-corrected chi connectivity index (χ1v) is 9.79. The number of aromatic amines is 1. The first-order valence-electron chi connectivity index (χ1n) is 8.99. The van der Waals surface area contributed by atoms with Crippen LogP contribution in [0.25, 0.3) is 11.0 Å². The summed E-state index contributed by atoms with van der Waals surface area (Å²) in [6.07, 6.45) is 0. The average molecular weight is 464 g/mol. The van der Waals surface area contributed by atoms with Crippen molar-refractivity contribution in [2.45, 2.75) is 6.54 Å². The molecule has 1 aliphatic heterocycles. The Morgan fingerprint density at radius 3 is 2.79 bits per heavy atom. The predicted molar refractivity (Wildman–Crippen MR) is 108 cm³/mol. The van der Waals surface area contributed by atoms with Crippen LogP contribution in [0.15, 0.2) is 28.7 Å². The number of benzene rings is 1. The third-order valence-electron chi connectivity index (χ3n) is 4.71. The minimum absolute atomic E-state index is 0.00372. The molecule has 0 aliphatic carbocycles. The largest absolute Gasteiger partial charge is 0.379 e. The van der Waals surface area contributed by atoms with Crippen LogP contribution in [-0.4, -0.2) is 68.3 Å². The summed E-state index contributed by atoms with van der Waals surface area (Å²) in [6, 6.07) is 7.59. The average Bonchev–Trinajstić information content (AvgIpc) is 3.27. The highest BCUT2D eigenvalue weighted by atomic mass is 79.9. The second-order valence-corrected chi connectivity index (χ2v) is 7.27. The van der Waals surface area contributed by atoms with E-state index in [9.17, 15) is 14.9 Å². The van der Waals surface area contributed by atoms with Gasteiger partial charge in [-0.25, -0.2) is 4.98 Å². The summed E-state index contributed by atoms with van der Waals surface area (Å²) in [7, 11) is 0. The molecule has 2 aromatic heterocycles. The Bertz CT molecular complexity index is 1060. The third kappa shape index (κ3) is 3.99. The standard InChI is InChI=1S/C17H18BrN7O4/c18-13-14(21-22-15(13)25(27)28)16(26)20-17-19-11-3-1-2-4-12(11)24(17)6-5-23-7-9-29-10-8-23/h1-4H,5-10H2,(H,21,22)(H,19,20,26). The fourth-order valence-electron chi connectivity index (χ4n) is 3.21. The topological polar surface area (TPSA) is 131 Å². The lowest BCUT2D eigenvalue weighted by Gasteiger charge is -2.26. The molecule has 29 heavy (non-hydrogen) atoms. The van der Waals surface area contributed by atoms with Gasteiger partial charge >= 0.3 is 5.82 Å². The number of hydrogen-bond acceptors (Lipinski definition) is 7. The molecule has 11 nitrogen and oxygen atoms in total. The minimum atomic E-state index is -0.647. The minimum Gasteiger partial charge on any atom is -0.379 e. The molecule has 0 unspecified atom stereocenters. The number of carbonyl (C=O) groups is 1. The second-order valence-electron chi connectivity index (χ2n) is 6.48. The van der Waals surface area contributed by atoms with E-state index < -0.39 is 10.8 Å². The van der Waals surface area contributed by atoms with Crippen molar-refractivity contribution in [3.8, 4) is 0 Å². The molecule has 0 spiro atoms. The van der Waals surface area contributed by atoms with Crippen molar-refractivity contribution in [3.05, 3.63) is 44.5 Å². The number of ether oxygens (including phenoxy) is 1. The van der Waals surface area contributed by atoms with Crippen molar-refractivity contribution in [3.63, 3.8) is 0 Å². The fourth-order valence-corrected chi connectivity index (χ4v) is 3.72. The normalized spacial score (nSPS) is 14.9. The Morgan fingerprint density at radius 2 is 2.07 bits per heavy atom. The molecule has 1 saturated heterocycles. The lowest BCUT2D eigenvalue weighted by atomic mass is 10.3. The molecule has 4 rings (SSSR count). The quantitative estimate of drug-likeness (QED) is 0.422. The maximum Gasteiger partial charge on any atom is 0.357 e. The lowest BCUT2D eigenvalue weighted by molar-refractivity contribution is -0.390. The molecule has 0 atom stereocenters. The van der Waals surface area contributed by atoms with E-state index in [4.69, 9.17) is 4.74 Å². The number of amides is 1. The SMILES string of the molecule is O=C(Nc1nc2ccccc2n1CCN1CCOCC1)c1n[nH]c([N+](=O)[O-])c1Br. The van der Waals surface area contributed by atoms with Gasteiger partial charge < -0.3 is 19.4 Å². The van der Waals surface area contributed by atoms with E-state index >= 15 is 0 Å². The number of fused-ring (bicyclic) bond motifs is 1. The maximum atomic E-state index is 12.7. The van der Waals surface area contributed by atoms with Crippen molar-refractivity contribution in [1.82, 2.24) is 24.6 Å². The zero-order chi connectivity index (χ0) is 20.4. The van der Waals surface area contributed by atoms with Crippen molar-refractivity contribution >= 4 is 44.6 Å². The van der Waals surface area contributed by atoms with E-state index in [1.807, 2.05) is 28.8 Å². The molecule has 2 N–H and O–H groups in total. The molecule has 1 amide bonds. The number of aromatic nitrogens is 4. The summed E-state index contributed by atoms with van der Waals surface area (Å²) in [5.41, 5.74) is 1.53. The number of nitrogens with zero attached hydrogens (tertiary/aromatic N) is 5. The van der Waals surface area contributed by atoms with Crippen molar-refractivity contribution in [2.24, 2.45) is 0 Å². The van der Waals surface area contributed by atoms with Crippen molar-refractivity contribution < 1.29 is 14.5 Å². The highest BCUT2D eigenvalue weighted by molar-refractivity contribution is 9.10. The van der Waals surface area contributed by atoms with Gasteiger partial charge in [-0.05, 0) is 33.0 Å². The Hall–Kier alpha value is -2.83. The summed E-state index contributed by atoms with van der Waals surface area (Å²) in [6.45, 7) is 4.54. The summed E-state index contributed by atoms with van der Waals surface area (Å²) in [5.74, 6) is -0.609. The van der Waals surface area contributed by atoms with Crippen LogP contribution in [0, 0.1) is 10.1 Å². The summed E-state index contributed by atoms with van der Waals surface area (Å²) < 4.78 is 7.31. The molecular weight excluding hydrogens is 446 g/mol. The van der Waals surface area contributed by atoms with E-state index in [0.29, 0.717) is 25.7 Å². The van der Waals surface area contributed by atoms with Crippen LogP contribution in [0.1, 0.15) is 10.5 Å². The molecule has 3 aromatic rings. The van der Waals surface area contributed by atoms with E-state index in [1.165, 1.54) is 0 Å². The molecule has 3 heterocycles. The zero-order valence-corrected chi connectivity index (χ0v) is 16.9. The van der Waals surface area contributed by atoms with Gasteiger partial charge in [-0.3, -0.25) is 15.0 Å². The van der Waals surface area contributed by atoms with E-state index in [-0.39, 0.29) is 16.0 Å². The van der Waals surface area contributed by atoms with Crippen LogP contribution >= 0.6 is 15.9 Å². The molecule has 0 bridgehead atoms. The molecular formula is C17H18BrN7O4. The molecule has 152 valence electrons. The number of morpholine rings is 1. The van der Waals surface area contributed by atoms with Crippen LogP contribution in [0.3, 0.4) is 0 Å². The van der Waals surface area contributed by atoms with Gasteiger partial charge in [0.05, 0.1) is 24.2 Å². The van der Waals surface area contributed by atoms with Crippen LogP contribution in [0.4, 0.5) is 11.8 Å². The molecule has 1 fully saturated rings. The van der Waals surface area contributed by atoms with E-state index in [0.717, 1.165) is 30.7 Å². The number of para-hydroxylation sites is 2. The third-order valence-corrected chi connectivity index (χ3v) is 5.46. The van der Waals surface area contributed by atoms with Crippen LogP contribution in [-0.2, 0) is 11.3 Å². The van der Waals surface area contributed by atoms with Gasteiger partial charge in [0.25, 0.3) is 5.91 Å². The number of hydrogen-bond donors (Lipinski definition) is 2. The van der Waals surface area contributed by atoms with Gasteiger partial charge in [-0.2, -0.15) is 0 Å². The number of nitrogens with one attached hydrogen (secondary N) is 2. The van der Waals surface area contributed by atoms with Crippen molar-refractivity contribution in [1.29, 1.82) is 0 Å². The van der Waals surface area contributed by atoms with Gasteiger partial charge in [-0.1, -0.05) is 17.2 Å². The number of halogens is 1. The highest BCUT2D eigenvalue weighted by Gasteiger charge is 2.26. The summed E-state index contributed by atoms with van der Waals surface area (Å²) in [4.78, 5) is 29.8. The number of rotatable bonds is 6. The van der Waals surface area contributed by atoms with Gasteiger partial charge in [-0.15, -0.1) is 5.10 Å². The Morgan fingerprint density at radius 1 is 1.31 bits per heavy atom. The predicted octanol–water partition coefficient (Wildman–Crippen LogP) is 2.01. The van der Waals surface area contributed by atoms with Crippen LogP contribution in [0.5, 0.6) is 0 Å². The second kappa shape index (κ2) is 8.27. The fraction of sp³-hybridized carbons (Fsp3) is 0.353. The lowest BCUT2D eigenvalue weighted by Crippen LogP contribution is -2.38. The number of H-pyrrole nitrogens is 1. The summed E-state index contributed by atoms with van der Waals surface area (Å²) in [5, 5.41) is 19.7. The van der Waals surface area contributed by atoms with Gasteiger partial charge in [0, 0.05) is 26.2 Å². The van der Waals surface area contributed by atoms with Gasteiger partial charge in [0.1, 0.15) is 4.47 Å². The number of carbonyl (C=O) groups excluding carboxylic acids is 1. The Balaban J connectivity index is 1.59. The maximum absolute atomic E-state index is 12.7. The summed E-state index contributed by atoms with van der Waals surface area (Å²) >= 11 is 3.06. The number of nitro groups is 1. The van der Waals surface area contributed by atoms with E-state index in [1.54, 1.807) is 0 Å². The van der Waals surface area contributed by atoms with Crippen LogP contribution in [0.2, 0.25) is 0 Å². The van der Waals surface area contributed by atoms with E-state index in [2.05, 4.69) is 41.3 Å². The number of imidazole rings is 1. The van der Waals surface area contributed by atoms with Crippen LogP contribution < -0.4 is 5.32 Å². The highest BCUT2D eigenvalue weighted by Crippen LogP contribution is 2.27. The molecule has 1 aliphatic rings. The smallest absolute Gasteiger partial charge is 0.357 e. The molecule has 12 heteroatoms. The Labute approximate surface area is 173 Å². The monoisotopic (exact) mass is 463 g/mol. The first-order chi connectivity index (χ1) is 14.0. The molecule has 0 saturated carbocycles.